The Hall–Kier alpha value is -9.03. The lowest BCUT2D eigenvalue weighted by atomic mass is 9.75. The average molecular weight is 1620 g/mol. The molecule has 7 fully saturated rings. The number of hydrogen-bond donors (Lipinski definition) is 6. The van der Waals surface area contributed by atoms with Gasteiger partial charge in [0.05, 0.1) is 22.4 Å². The molecule has 0 spiro atoms. The maximum atomic E-state index is 13.3. The van der Waals surface area contributed by atoms with E-state index in [2.05, 4.69) is 95.7 Å². The summed E-state index contributed by atoms with van der Waals surface area (Å²) in [6.07, 6.45) is 9.31. The molecule has 592 valence electrons. The zero-order valence-corrected chi connectivity index (χ0v) is 66.8. The zero-order valence-electron chi connectivity index (χ0n) is 64.4. The first-order chi connectivity index (χ1) is 53.4. The molecule has 9 heterocycles. The van der Waals surface area contributed by atoms with Gasteiger partial charge in [0, 0.05) is 61.2 Å². The van der Waals surface area contributed by atoms with E-state index in [0.717, 1.165) is 90.9 Å². The molecule has 0 saturated carbocycles. The van der Waals surface area contributed by atoms with Gasteiger partial charge in [-0.3, -0.25) is 29.0 Å². The lowest BCUT2D eigenvalue weighted by Crippen LogP contribution is -2.41. The van der Waals surface area contributed by atoms with E-state index in [1.54, 1.807) is 48.5 Å². The Balaban J connectivity index is 0.000000148. The number of anilines is 1. The molecule has 7 saturated heterocycles. The van der Waals surface area contributed by atoms with E-state index < -0.39 is 26.1 Å². The Kier molecular flexibility index (Phi) is 28.3. The molecular formula is C82H97B2BrClF3N12O11. The van der Waals surface area contributed by atoms with Crippen molar-refractivity contribution in [2.45, 2.75) is 160 Å². The van der Waals surface area contributed by atoms with E-state index in [4.69, 9.17) is 60.9 Å². The Morgan fingerprint density at radius 1 is 0.527 bits per heavy atom. The highest BCUT2D eigenvalue weighted by Crippen LogP contribution is 2.40. The normalized spacial score (nSPS) is 19.2. The lowest BCUT2D eigenvalue weighted by Gasteiger charge is -2.32. The number of aromatic nitrogens is 4. The minimum absolute atomic E-state index is 0.00547. The molecule has 6 aromatic carbocycles. The second-order valence-corrected chi connectivity index (χ2v) is 31.3. The molecule has 8 aromatic rings. The largest absolute Gasteiger partial charge is 0.495 e. The van der Waals surface area contributed by atoms with Crippen LogP contribution in [0.4, 0.5) is 19.0 Å². The number of rotatable bonds is 20. The van der Waals surface area contributed by atoms with Crippen LogP contribution in [-0.2, 0) is 53.0 Å². The van der Waals surface area contributed by atoms with Crippen molar-refractivity contribution < 1.29 is 65.2 Å². The summed E-state index contributed by atoms with van der Waals surface area (Å²) < 4.78 is 82.1. The van der Waals surface area contributed by atoms with Gasteiger partial charge in [0.1, 0.15) is 75.2 Å². The topological polar surface area (TPSA) is 291 Å². The van der Waals surface area contributed by atoms with Crippen LogP contribution in [-0.4, -0.2) is 148 Å². The van der Waals surface area contributed by atoms with Gasteiger partial charge in [-0.2, -0.15) is 0 Å². The van der Waals surface area contributed by atoms with E-state index >= 15 is 0 Å². The molecule has 7 aliphatic heterocycles. The first-order valence-corrected chi connectivity index (χ1v) is 39.4. The number of benzene rings is 6. The van der Waals surface area contributed by atoms with Gasteiger partial charge in [-0.15, -0.1) is 0 Å². The Morgan fingerprint density at radius 2 is 0.946 bits per heavy atom. The Labute approximate surface area is 666 Å². The third-order valence-corrected chi connectivity index (χ3v) is 21.7. The molecule has 15 rings (SSSR count). The standard InChI is InChI=1S/C27H28FN5O3.C23H29BFNO3.C19H21BBrFO3.C9H10ClN5O2.C4H9N/c28-19-3-5-21(6-4-19)36-22-7-8-23(18(14-22)16-33-11-1-2-12-33)26-31-20(15-24(32-26)25(29)34)13-17-9-10-30-27(17)35;1-22(2)23(3,4)29-24(28-22)21-12-11-20(27-19-9-7-18(25)8-10-19)15-17(21)16-26-13-5-6-14-26;1-18(2)19(3,4)25-20(24-18)17-10-9-16(11-13(17)12-21)23-15-7-5-14(22)6-8-15;10-9-14-5(7(11)16)3-6(15-9)13-4-1-2-12-8(4)17;1-2-4-5-3-1/h3-8,14-15,17H,1-2,9-13,16H2,(H2,29,34)(H,30,35);7-12,15H,5-6,13-14,16H2,1-4H3;5-11H,12H2,1-4H3;3-4H,1-2H2,(H2,11,16)(H,12,17)(H,13,14,15);5H,1-4H2. The Bertz CT molecular complexity index is 4540. The van der Waals surface area contributed by atoms with Crippen LogP contribution in [0.1, 0.15) is 150 Å². The minimum atomic E-state index is -0.701. The molecule has 2 unspecified atom stereocenters. The van der Waals surface area contributed by atoms with Crippen LogP contribution in [0.2, 0.25) is 5.28 Å². The average Bonchev–Trinajstić information content (AvgIpc) is 1.66. The summed E-state index contributed by atoms with van der Waals surface area (Å²) >= 11 is 9.17. The Morgan fingerprint density at radius 3 is 1.38 bits per heavy atom. The van der Waals surface area contributed by atoms with Crippen molar-refractivity contribution in [3.05, 3.63) is 196 Å². The first kappa shape index (κ1) is 83.9. The van der Waals surface area contributed by atoms with Crippen molar-refractivity contribution in [1.82, 2.24) is 45.7 Å². The highest BCUT2D eigenvalue weighted by atomic mass is 79.9. The fraction of sp³-hybridized carbons (Fsp3) is 0.415. The fourth-order valence-electron chi connectivity index (χ4n) is 13.3. The number of nitrogens with two attached hydrogens (primary N) is 2. The van der Waals surface area contributed by atoms with Crippen molar-refractivity contribution >= 4 is 82.1 Å². The van der Waals surface area contributed by atoms with Crippen molar-refractivity contribution in [2.75, 3.05) is 57.7 Å². The van der Waals surface area contributed by atoms with Crippen molar-refractivity contribution in [3.8, 4) is 45.9 Å². The molecule has 0 radical (unpaired) electrons. The van der Waals surface area contributed by atoms with E-state index in [0.29, 0.717) is 83.9 Å². The number of ether oxygens (including phenoxy) is 3. The predicted octanol–water partition coefficient (Wildman–Crippen LogP) is 12.7. The summed E-state index contributed by atoms with van der Waals surface area (Å²) in [7, 11) is -0.824. The zero-order chi connectivity index (χ0) is 79.9. The SMILES string of the molecule is C1CCNC1.CC1(C)OB(c2ccc(Oc3ccc(F)cc3)cc2CBr)OC1(C)C.CC1(C)OB(c2ccc(Oc3ccc(F)cc3)cc2CN2CCCC2)OC1(C)C.NC(=O)c1cc(CC2CCNC2=O)nc(-c2ccc(Oc3ccc(F)cc3)cc2CN2CCCC2)n1.NC(=O)c1cc(NC2CCNC2=O)nc(Cl)n1. The van der Waals surface area contributed by atoms with Crippen LogP contribution in [0, 0.1) is 23.4 Å². The summed E-state index contributed by atoms with van der Waals surface area (Å²) in [4.78, 5) is 68.1. The number of halogens is 5. The quantitative estimate of drug-likeness (QED) is 0.0235. The van der Waals surface area contributed by atoms with Crippen molar-refractivity contribution in [2.24, 2.45) is 17.4 Å². The molecule has 30 heteroatoms. The number of alkyl halides is 1. The second kappa shape index (κ2) is 37.7. The van der Waals surface area contributed by atoms with Gasteiger partial charge in [0.25, 0.3) is 11.8 Å². The van der Waals surface area contributed by atoms with Gasteiger partial charge in [-0.1, -0.05) is 28.1 Å². The second-order valence-electron chi connectivity index (χ2n) is 30.4. The van der Waals surface area contributed by atoms with Gasteiger partial charge < -0.3 is 65.6 Å². The molecule has 0 bridgehead atoms. The third kappa shape index (κ3) is 22.7. The van der Waals surface area contributed by atoms with Crippen LogP contribution in [0.15, 0.2) is 140 Å². The number of likely N-dealkylation sites (tertiary alicyclic amines) is 2. The van der Waals surface area contributed by atoms with E-state index in [1.807, 2.05) is 70.2 Å². The molecule has 4 amide bonds. The lowest BCUT2D eigenvalue weighted by molar-refractivity contribution is -0.122. The number of nitrogens with zero attached hydrogens (tertiary/aromatic N) is 6. The first-order valence-electron chi connectivity index (χ1n) is 37.9. The van der Waals surface area contributed by atoms with Gasteiger partial charge in [-0.25, -0.2) is 33.1 Å². The number of carbonyl (C=O) groups is 4. The molecule has 8 N–H and O–H groups in total. The molecular weight excluding hydrogens is 1520 g/mol. The fourth-order valence-corrected chi connectivity index (χ4v) is 14.0. The summed E-state index contributed by atoms with van der Waals surface area (Å²) in [5.41, 5.74) is 15.8. The van der Waals surface area contributed by atoms with Crippen molar-refractivity contribution in [3.63, 3.8) is 0 Å². The predicted molar refractivity (Wildman–Crippen MR) is 429 cm³/mol. The van der Waals surface area contributed by atoms with Crippen LogP contribution >= 0.6 is 27.5 Å². The summed E-state index contributed by atoms with van der Waals surface area (Å²) in [5, 5.41) is 12.2. The number of amides is 4. The van der Waals surface area contributed by atoms with Crippen LogP contribution < -0.4 is 57.9 Å². The van der Waals surface area contributed by atoms with E-state index in [9.17, 15) is 32.3 Å². The number of hydrogen-bond acceptors (Lipinski definition) is 19. The third-order valence-electron chi connectivity index (χ3n) is 21.0. The summed E-state index contributed by atoms with van der Waals surface area (Å²) in [5.74, 6) is 1.90. The molecule has 2 aromatic heterocycles. The number of nitrogens with one attached hydrogen (secondary N) is 4. The molecule has 7 aliphatic rings. The maximum absolute atomic E-state index is 13.3. The smallest absolute Gasteiger partial charge is 0.457 e. The maximum Gasteiger partial charge on any atom is 0.495 e. The van der Waals surface area contributed by atoms with Gasteiger partial charge in [-0.05, 0) is 307 Å². The highest BCUT2D eigenvalue weighted by Gasteiger charge is 2.53. The van der Waals surface area contributed by atoms with Crippen LogP contribution in [0.5, 0.6) is 34.5 Å². The summed E-state index contributed by atoms with van der Waals surface area (Å²) in [6, 6.07) is 37.8. The minimum Gasteiger partial charge on any atom is -0.457 e. The van der Waals surface area contributed by atoms with Crippen LogP contribution in [0.3, 0.4) is 0 Å². The van der Waals surface area contributed by atoms with Gasteiger partial charge in [0.2, 0.25) is 17.1 Å². The molecule has 0 aliphatic carbocycles. The van der Waals surface area contributed by atoms with Crippen molar-refractivity contribution in [1.29, 1.82) is 0 Å². The molecule has 2 atom stereocenters. The monoisotopic (exact) mass is 1620 g/mol. The van der Waals surface area contributed by atoms with Gasteiger partial charge >= 0.3 is 14.2 Å². The molecule has 23 nitrogen and oxygen atoms in total. The van der Waals surface area contributed by atoms with Crippen LogP contribution in [0.25, 0.3) is 11.4 Å². The van der Waals surface area contributed by atoms with Gasteiger partial charge in [0.15, 0.2) is 5.82 Å². The van der Waals surface area contributed by atoms with E-state index in [-0.39, 0.29) is 80.3 Å². The van der Waals surface area contributed by atoms with E-state index in [1.165, 1.54) is 81.2 Å². The highest BCUT2D eigenvalue weighted by molar-refractivity contribution is 9.08. The number of carbonyl (C=O) groups excluding carboxylic acids is 4. The number of primary amides is 2. The summed E-state index contributed by atoms with van der Waals surface area (Å²) in [6.45, 7) is 25.9. The molecule has 112 heavy (non-hydrogen) atoms.